The second-order valence-electron chi connectivity index (χ2n) is 7.74. The van der Waals surface area contributed by atoms with Crippen molar-refractivity contribution in [1.29, 1.82) is 0 Å². The molecule has 1 unspecified atom stereocenters. The van der Waals surface area contributed by atoms with Crippen LogP contribution >= 0.6 is 0 Å². The Hall–Kier alpha value is -3.09. The van der Waals surface area contributed by atoms with Crippen LogP contribution in [-0.2, 0) is 17.9 Å². The second kappa shape index (κ2) is 10.6. The van der Waals surface area contributed by atoms with E-state index in [2.05, 4.69) is 20.6 Å². The van der Waals surface area contributed by atoms with Crippen molar-refractivity contribution in [1.82, 2.24) is 20.5 Å². The highest BCUT2D eigenvalue weighted by Crippen LogP contribution is 2.16. The predicted molar refractivity (Wildman–Crippen MR) is 118 cm³/mol. The molecule has 0 bridgehead atoms. The largest absolute Gasteiger partial charge is 0.473 e. The van der Waals surface area contributed by atoms with Crippen molar-refractivity contribution in [2.45, 2.75) is 39.5 Å². The number of likely N-dealkylation sites (tertiary alicyclic amines) is 1. The molecule has 0 aliphatic carbocycles. The van der Waals surface area contributed by atoms with E-state index in [1.54, 1.807) is 13.2 Å². The number of amides is 1. The Morgan fingerprint density at radius 3 is 2.80 bits per heavy atom. The molecule has 1 aromatic carbocycles. The van der Waals surface area contributed by atoms with Crippen LogP contribution in [0, 0.1) is 5.92 Å². The first-order chi connectivity index (χ1) is 14.6. The average molecular weight is 410 g/mol. The van der Waals surface area contributed by atoms with Crippen LogP contribution in [0.15, 0.2) is 53.7 Å². The summed E-state index contributed by atoms with van der Waals surface area (Å²) in [5.41, 5.74) is 2.06. The molecule has 1 aromatic heterocycles. The topological polar surface area (TPSA) is 78.9 Å². The van der Waals surface area contributed by atoms with Crippen LogP contribution in [0.4, 0.5) is 0 Å². The summed E-state index contributed by atoms with van der Waals surface area (Å²) in [4.78, 5) is 22.8. The van der Waals surface area contributed by atoms with Crippen LogP contribution in [0.3, 0.4) is 0 Å². The van der Waals surface area contributed by atoms with E-state index < -0.39 is 0 Å². The summed E-state index contributed by atoms with van der Waals surface area (Å²) in [5.74, 6) is 1.55. The van der Waals surface area contributed by atoms with E-state index in [0.717, 1.165) is 24.1 Å². The fourth-order valence-electron chi connectivity index (χ4n) is 3.42. The number of carbonyl (C=O) groups is 1. The number of ether oxygens (including phenoxy) is 1. The minimum Gasteiger partial charge on any atom is -0.473 e. The molecular formula is C23H31N5O2. The lowest BCUT2D eigenvalue weighted by molar-refractivity contribution is -0.133. The minimum absolute atomic E-state index is 0.0288. The number of hydrogen-bond donors (Lipinski definition) is 2. The second-order valence-corrected chi connectivity index (χ2v) is 7.74. The van der Waals surface area contributed by atoms with E-state index in [9.17, 15) is 4.79 Å². The summed E-state index contributed by atoms with van der Waals surface area (Å²) in [6.45, 7) is 6.38. The Balaban J connectivity index is 1.52. The summed E-state index contributed by atoms with van der Waals surface area (Å²) in [6.07, 6.45) is 2.65. The van der Waals surface area contributed by atoms with E-state index >= 15 is 0 Å². The molecule has 0 spiro atoms. The average Bonchev–Trinajstić information content (AvgIpc) is 3.24. The molecule has 2 heterocycles. The van der Waals surface area contributed by atoms with Crippen molar-refractivity contribution < 1.29 is 9.53 Å². The number of rotatable bonds is 7. The zero-order chi connectivity index (χ0) is 21.3. The van der Waals surface area contributed by atoms with Crippen molar-refractivity contribution in [3.8, 4) is 5.88 Å². The van der Waals surface area contributed by atoms with Crippen molar-refractivity contribution in [3.05, 3.63) is 59.8 Å². The van der Waals surface area contributed by atoms with Crippen LogP contribution in [0.2, 0.25) is 0 Å². The molecule has 1 saturated heterocycles. The van der Waals surface area contributed by atoms with Gasteiger partial charge in [-0.15, -0.1) is 0 Å². The number of aromatic nitrogens is 1. The number of pyridine rings is 1. The van der Waals surface area contributed by atoms with E-state index in [-0.39, 0.29) is 17.9 Å². The number of nitrogens with zero attached hydrogens (tertiary/aromatic N) is 3. The maximum Gasteiger partial charge on any atom is 0.225 e. The first kappa shape index (κ1) is 21.6. The molecular weight excluding hydrogens is 378 g/mol. The smallest absolute Gasteiger partial charge is 0.225 e. The van der Waals surface area contributed by atoms with E-state index in [0.29, 0.717) is 31.5 Å². The fraction of sp³-hybridized carbons (Fsp3) is 0.435. The molecule has 160 valence electrons. The van der Waals surface area contributed by atoms with Crippen LogP contribution < -0.4 is 15.4 Å². The summed E-state index contributed by atoms with van der Waals surface area (Å²) >= 11 is 0. The molecule has 1 aliphatic heterocycles. The van der Waals surface area contributed by atoms with Gasteiger partial charge < -0.3 is 20.3 Å². The molecule has 2 N–H and O–H groups in total. The zero-order valence-electron chi connectivity index (χ0n) is 18.0. The third kappa shape index (κ3) is 5.95. The molecule has 1 amide bonds. The normalized spacial score (nSPS) is 16.6. The SMILES string of the molecule is CN=C(NCc1cccnc1OCc1ccccc1)NC1CCN(C(=O)C(C)C)C1. The Morgan fingerprint density at radius 1 is 1.27 bits per heavy atom. The predicted octanol–water partition coefficient (Wildman–Crippen LogP) is 2.58. The van der Waals surface area contributed by atoms with Crippen molar-refractivity contribution in [2.75, 3.05) is 20.1 Å². The van der Waals surface area contributed by atoms with Gasteiger partial charge in [0.2, 0.25) is 11.8 Å². The van der Waals surface area contributed by atoms with E-state index in [1.165, 1.54) is 0 Å². The number of hydrogen-bond acceptors (Lipinski definition) is 4. The summed E-state index contributed by atoms with van der Waals surface area (Å²) in [7, 11) is 1.75. The number of carbonyl (C=O) groups excluding carboxylic acids is 1. The monoisotopic (exact) mass is 409 g/mol. The van der Waals surface area contributed by atoms with Gasteiger partial charge in [-0.3, -0.25) is 9.79 Å². The van der Waals surface area contributed by atoms with Gasteiger partial charge in [0.05, 0.1) is 0 Å². The molecule has 0 radical (unpaired) electrons. The number of aliphatic imine (C=N–C) groups is 1. The molecule has 30 heavy (non-hydrogen) atoms. The lowest BCUT2D eigenvalue weighted by atomic mass is 10.2. The first-order valence-electron chi connectivity index (χ1n) is 10.4. The van der Waals surface area contributed by atoms with Crippen molar-refractivity contribution in [3.63, 3.8) is 0 Å². The maximum atomic E-state index is 12.2. The quantitative estimate of drug-likeness (QED) is 0.543. The van der Waals surface area contributed by atoms with Gasteiger partial charge in [-0.1, -0.05) is 50.2 Å². The van der Waals surface area contributed by atoms with Gasteiger partial charge in [-0.2, -0.15) is 0 Å². The van der Waals surface area contributed by atoms with Gasteiger partial charge in [0.15, 0.2) is 5.96 Å². The summed E-state index contributed by atoms with van der Waals surface area (Å²) < 4.78 is 5.93. The molecule has 1 aliphatic rings. The van der Waals surface area contributed by atoms with Crippen LogP contribution in [0.25, 0.3) is 0 Å². The van der Waals surface area contributed by atoms with E-state index in [1.807, 2.05) is 61.2 Å². The fourth-order valence-corrected chi connectivity index (χ4v) is 3.42. The number of guanidine groups is 1. The lowest BCUT2D eigenvalue weighted by Crippen LogP contribution is -2.45. The van der Waals surface area contributed by atoms with Crippen LogP contribution in [0.1, 0.15) is 31.4 Å². The first-order valence-corrected chi connectivity index (χ1v) is 10.4. The van der Waals surface area contributed by atoms with Crippen LogP contribution in [0.5, 0.6) is 5.88 Å². The highest BCUT2D eigenvalue weighted by atomic mass is 16.5. The summed E-state index contributed by atoms with van der Waals surface area (Å²) in [5, 5.41) is 6.75. The van der Waals surface area contributed by atoms with Gasteiger partial charge in [-0.05, 0) is 18.1 Å². The number of benzene rings is 1. The molecule has 0 saturated carbocycles. The Morgan fingerprint density at radius 2 is 2.07 bits per heavy atom. The number of nitrogens with one attached hydrogen (secondary N) is 2. The van der Waals surface area contributed by atoms with Crippen molar-refractivity contribution >= 4 is 11.9 Å². The Kier molecular flexibility index (Phi) is 7.65. The van der Waals surface area contributed by atoms with Gasteiger partial charge in [-0.25, -0.2) is 4.98 Å². The zero-order valence-corrected chi connectivity index (χ0v) is 18.0. The van der Waals surface area contributed by atoms with Crippen LogP contribution in [-0.4, -0.2) is 47.9 Å². The maximum absolute atomic E-state index is 12.2. The molecule has 7 heteroatoms. The Labute approximate surface area is 178 Å². The Bertz CT molecular complexity index is 854. The highest BCUT2D eigenvalue weighted by Gasteiger charge is 2.27. The third-order valence-electron chi connectivity index (χ3n) is 5.07. The summed E-state index contributed by atoms with van der Waals surface area (Å²) in [6, 6.07) is 14.1. The molecule has 1 atom stereocenters. The highest BCUT2D eigenvalue weighted by molar-refractivity contribution is 5.81. The van der Waals surface area contributed by atoms with Gasteiger partial charge >= 0.3 is 0 Å². The molecule has 7 nitrogen and oxygen atoms in total. The molecule has 3 rings (SSSR count). The van der Waals surface area contributed by atoms with Gasteiger partial charge in [0.25, 0.3) is 0 Å². The van der Waals surface area contributed by atoms with Gasteiger partial charge in [0.1, 0.15) is 6.61 Å². The lowest BCUT2D eigenvalue weighted by Gasteiger charge is -2.20. The van der Waals surface area contributed by atoms with Gasteiger partial charge in [0, 0.05) is 50.4 Å². The third-order valence-corrected chi connectivity index (χ3v) is 5.07. The minimum atomic E-state index is 0.0288. The van der Waals surface area contributed by atoms with Crippen molar-refractivity contribution in [2.24, 2.45) is 10.9 Å². The molecule has 2 aromatic rings. The molecule has 1 fully saturated rings. The standard InChI is InChI=1S/C23H31N5O2/c1-17(2)22(29)28-13-11-20(15-28)27-23(24-3)26-14-19-10-7-12-25-21(19)30-16-18-8-5-4-6-9-18/h4-10,12,17,20H,11,13-16H2,1-3H3,(H2,24,26,27). The van der Waals surface area contributed by atoms with E-state index in [4.69, 9.17) is 4.74 Å².